The summed E-state index contributed by atoms with van der Waals surface area (Å²) in [4.78, 5) is 10.3. The number of allylic oxidation sites excluding steroid dienone is 1. The molecule has 20 heavy (non-hydrogen) atoms. The van der Waals surface area contributed by atoms with Crippen molar-refractivity contribution in [2.75, 3.05) is 0 Å². The van der Waals surface area contributed by atoms with Crippen LogP contribution in [0.2, 0.25) is 0 Å². The molecule has 0 aromatic carbocycles. The Kier molecular flexibility index (Phi) is 15.2. The fraction of sp³-hybridized carbons (Fsp3) is 0.778. The highest BCUT2D eigenvalue weighted by atomic mass is 16.4. The fourth-order valence-electron chi connectivity index (χ4n) is 2.16. The maximum Gasteiger partial charge on any atom is 0.303 e. The number of carboxylic acids is 1. The second-order valence-corrected chi connectivity index (χ2v) is 5.48. The van der Waals surface area contributed by atoms with E-state index in [1.54, 1.807) is 0 Å². The second-order valence-electron chi connectivity index (χ2n) is 5.48. The lowest BCUT2D eigenvalue weighted by Crippen LogP contribution is -1.92. The molecule has 116 valence electrons. The number of carboxylic acid groups (broad SMARTS) is 1. The molecule has 0 aliphatic carbocycles. The molecule has 0 aliphatic rings. The molecule has 0 amide bonds. The summed E-state index contributed by atoms with van der Waals surface area (Å²) in [6, 6.07) is 0. The monoisotopic (exact) mass is 280 g/mol. The summed E-state index contributed by atoms with van der Waals surface area (Å²) in [6.07, 6.45) is 19.2. The van der Waals surface area contributed by atoms with Gasteiger partial charge in [-0.05, 0) is 37.8 Å². The maximum absolute atomic E-state index is 10.3. The minimum Gasteiger partial charge on any atom is -0.481 e. The Bertz CT molecular complexity index is 275. The first-order valence-corrected chi connectivity index (χ1v) is 8.38. The van der Waals surface area contributed by atoms with Gasteiger partial charge in [0.25, 0.3) is 0 Å². The first-order valence-electron chi connectivity index (χ1n) is 8.38. The van der Waals surface area contributed by atoms with Gasteiger partial charge in [0, 0.05) is 6.42 Å². The van der Waals surface area contributed by atoms with Crippen molar-refractivity contribution < 1.29 is 9.90 Å². The molecule has 0 saturated heterocycles. The van der Waals surface area contributed by atoms with Crippen molar-refractivity contribution in [3.63, 3.8) is 0 Å². The van der Waals surface area contributed by atoms with Gasteiger partial charge in [-0.3, -0.25) is 4.79 Å². The van der Waals surface area contributed by atoms with Crippen molar-refractivity contribution in [2.45, 2.75) is 90.4 Å². The molecule has 2 heteroatoms. The molecule has 0 aromatic heterocycles. The third-order valence-electron chi connectivity index (χ3n) is 3.43. The Balaban J connectivity index is 3.18. The zero-order valence-electron chi connectivity index (χ0n) is 13.2. The summed E-state index contributed by atoms with van der Waals surface area (Å²) in [7, 11) is 0. The van der Waals surface area contributed by atoms with E-state index < -0.39 is 5.97 Å². The SMILES string of the molecule is CCCCCCCCCCCC=C=CCCCC(=O)O. The van der Waals surface area contributed by atoms with E-state index in [0.29, 0.717) is 6.42 Å². The van der Waals surface area contributed by atoms with E-state index in [-0.39, 0.29) is 6.42 Å². The molecule has 0 atom stereocenters. The molecule has 0 bridgehead atoms. The van der Waals surface area contributed by atoms with Crippen LogP contribution in [0.25, 0.3) is 0 Å². The van der Waals surface area contributed by atoms with Gasteiger partial charge in [-0.1, -0.05) is 58.3 Å². The molecule has 2 nitrogen and oxygen atoms in total. The topological polar surface area (TPSA) is 37.3 Å². The van der Waals surface area contributed by atoms with Crippen LogP contribution in [0.15, 0.2) is 17.9 Å². The lowest BCUT2D eigenvalue weighted by atomic mass is 10.1. The molecule has 0 rings (SSSR count). The van der Waals surface area contributed by atoms with Gasteiger partial charge in [0.2, 0.25) is 0 Å². The van der Waals surface area contributed by atoms with Gasteiger partial charge in [0.15, 0.2) is 0 Å². The smallest absolute Gasteiger partial charge is 0.303 e. The van der Waals surface area contributed by atoms with Crippen LogP contribution >= 0.6 is 0 Å². The Hall–Kier alpha value is -1.01. The molecule has 0 saturated carbocycles. The van der Waals surface area contributed by atoms with Crippen molar-refractivity contribution in [1.82, 2.24) is 0 Å². The van der Waals surface area contributed by atoms with Crippen molar-refractivity contribution in [3.05, 3.63) is 17.9 Å². The Morgan fingerprint density at radius 2 is 1.35 bits per heavy atom. The van der Waals surface area contributed by atoms with Crippen molar-refractivity contribution >= 4 is 5.97 Å². The summed E-state index contributed by atoms with van der Waals surface area (Å²) in [5, 5.41) is 8.48. The fourth-order valence-corrected chi connectivity index (χ4v) is 2.16. The van der Waals surface area contributed by atoms with Crippen LogP contribution in [0, 0.1) is 0 Å². The van der Waals surface area contributed by atoms with E-state index in [0.717, 1.165) is 12.8 Å². The van der Waals surface area contributed by atoms with Gasteiger partial charge in [-0.15, -0.1) is 5.73 Å². The van der Waals surface area contributed by atoms with E-state index in [1.807, 2.05) is 6.08 Å². The van der Waals surface area contributed by atoms with E-state index in [2.05, 4.69) is 18.7 Å². The van der Waals surface area contributed by atoms with Crippen LogP contribution in [-0.2, 0) is 4.79 Å². The molecule has 0 heterocycles. The van der Waals surface area contributed by atoms with Crippen LogP contribution in [0.5, 0.6) is 0 Å². The van der Waals surface area contributed by atoms with Gasteiger partial charge < -0.3 is 5.11 Å². The highest BCUT2D eigenvalue weighted by Gasteiger charge is 1.93. The first kappa shape index (κ1) is 19.0. The molecule has 0 spiro atoms. The summed E-state index contributed by atoms with van der Waals surface area (Å²) < 4.78 is 0. The Morgan fingerprint density at radius 1 is 0.850 bits per heavy atom. The molecule has 0 radical (unpaired) electrons. The molecule has 0 unspecified atom stereocenters. The quantitative estimate of drug-likeness (QED) is 0.319. The predicted octanol–water partition coefficient (Wildman–Crippen LogP) is 5.87. The average molecular weight is 280 g/mol. The van der Waals surface area contributed by atoms with Crippen molar-refractivity contribution in [2.24, 2.45) is 0 Å². The zero-order valence-corrected chi connectivity index (χ0v) is 13.2. The molecular weight excluding hydrogens is 248 g/mol. The molecule has 1 N–H and O–H groups in total. The summed E-state index contributed by atoms with van der Waals surface area (Å²) in [5.41, 5.74) is 3.14. The summed E-state index contributed by atoms with van der Waals surface area (Å²) in [6.45, 7) is 2.26. The van der Waals surface area contributed by atoms with Gasteiger partial charge >= 0.3 is 5.97 Å². The van der Waals surface area contributed by atoms with E-state index >= 15 is 0 Å². The Labute approximate surface area is 125 Å². The predicted molar refractivity (Wildman–Crippen MR) is 86.0 cm³/mol. The number of hydrogen-bond acceptors (Lipinski definition) is 1. The number of rotatable bonds is 14. The molecule has 0 fully saturated rings. The summed E-state index contributed by atoms with van der Waals surface area (Å²) in [5.74, 6) is -0.711. The number of carbonyl (C=O) groups is 1. The van der Waals surface area contributed by atoms with Gasteiger partial charge in [0.1, 0.15) is 0 Å². The second kappa shape index (κ2) is 16.0. The molecule has 0 aromatic rings. The third-order valence-corrected chi connectivity index (χ3v) is 3.43. The zero-order chi connectivity index (χ0) is 14.9. The standard InChI is InChI=1S/C18H32O2/c1-2-3-4-5-6-7-8-9-10-11-12-13-14-15-16-17-18(19)20/h12,14H,2-11,15-17H2,1H3,(H,19,20). The van der Waals surface area contributed by atoms with Crippen LogP contribution in [0.3, 0.4) is 0 Å². The van der Waals surface area contributed by atoms with E-state index in [9.17, 15) is 4.79 Å². The van der Waals surface area contributed by atoms with Gasteiger partial charge in [0.05, 0.1) is 0 Å². The number of aliphatic carboxylic acids is 1. The van der Waals surface area contributed by atoms with Crippen LogP contribution in [0.1, 0.15) is 90.4 Å². The van der Waals surface area contributed by atoms with Gasteiger partial charge in [-0.25, -0.2) is 0 Å². The number of unbranched alkanes of at least 4 members (excludes halogenated alkanes) is 10. The largest absolute Gasteiger partial charge is 0.481 e. The third kappa shape index (κ3) is 17.0. The minimum atomic E-state index is -0.711. The van der Waals surface area contributed by atoms with Crippen molar-refractivity contribution in [3.8, 4) is 0 Å². The Morgan fingerprint density at radius 3 is 1.90 bits per heavy atom. The minimum absolute atomic E-state index is 0.260. The lowest BCUT2D eigenvalue weighted by Gasteiger charge is -2.00. The normalized spacial score (nSPS) is 10.1. The lowest BCUT2D eigenvalue weighted by molar-refractivity contribution is -0.137. The molecule has 0 aliphatic heterocycles. The summed E-state index contributed by atoms with van der Waals surface area (Å²) >= 11 is 0. The van der Waals surface area contributed by atoms with Crippen LogP contribution in [-0.4, -0.2) is 11.1 Å². The maximum atomic E-state index is 10.3. The van der Waals surface area contributed by atoms with Crippen molar-refractivity contribution in [1.29, 1.82) is 0 Å². The van der Waals surface area contributed by atoms with Crippen LogP contribution in [0.4, 0.5) is 0 Å². The van der Waals surface area contributed by atoms with Gasteiger partial charge in [-0.2, -0.15) is 0 Å². The number of hydrogen-bond donors (Lipinski definition) is 1. The van der Waals surface area contributed by atoms with E-state index in [1.165, 1.54) is 57.8 Å². The molecular formula is C18H32O2. The van der Waals surface area contributed by atoms with Crippen LogP contribution < -0.4 is 0 Å². The average Bonchev–Trinajstić information content (AvgIpc) is 2.43. The highest BCUT2D eigenvalue weighted by Crippen LogP contribution is 2.10. The van der Waals surface area contributed by atoms with E-state index in [4.69, 9.17) is 5.11 Å². The first-order chi connectivity index (χ1) is 9.77. The highest BCUT2D eigenvalue weighted by molar-refractivity contribution is 5.66.